The number of hydrogen-bond donors (Lipinski definition) is 2. The smallest absolute Gasteiger partial charge is 0.413 e. The number of fused-ring (bicyclic) bond motifs is 1. The number of anilines is 2. The number of carbonyl (C=O) groups is 1. The minimum Gasteiger partial charge on any atom is -0.444 e. The van der Waals surface area contributed by atoms with Crippen LogP contribution in [0.3, 0.4) is 0 Å². The Hall–Kier alpha value is -2.43. The van der Waals surface area contributed by atoms with Crippen molar-refractivity contribution in [3.8, 4) is 5.69 Å². The van der Waals surface area contributed by atoms with Crippen LogP contribution in [0.25, 0.3) is 16.7 Å². The summed E-state index contributed by atoms with van der Waals surface area (Å²) in [6, 6.07) is 7.80. The predicted molar refractivity (Wildman–Crippen MR) is 109 cm³/mol. The molecule has 0 saturated carbocycles. The van der Waals surface area contributed by atoms with Crippen LogP contribution in [0.5, 0.6) is 0 Å². The molecule has 0 fully saturated rings. The van der Waals surface area contributed by atoms with Gasteiger partial charge in [0, 0.05) is 12.7 Å². The highest BCUT2D eigenvalue weighted by molar-refractivity contribution is 14.1. The van der Waals surface area contributed by atoms with E-state index in [0.717, 1.165) is 11.4 Å². The zero-order valence-corrected chi connectivity index (χ0v) is 17.0. The molecule has 0 aliphatic rings. The van der Waals surface area contributed by atoms with Crippen molar-refractivity contribution in [3.05, 3.63) is 34.3 Å². The van der Waals surface area contributed by atoms with E-state index in [0.29, 0.717) is 20.6 Å². The molecule has 0 bridgehead atoms. The average Bonchev–Trinajstić information content (AvgIpc) is 2.91. The van der Waals surface area contributed by atoms with Crippen molar-refractivity contribution in [2.75, 3.05) is 17.7 Å². The van der Waals surface area contributed by atoms with Crippen molar-refractivity contribution in [1.29, 1.82) is 0 Å². The van der Waals surface area contributed by atoms with Gasteiger partial charge in [-0.2, -0.15) is 5.10 Å². The SMILES string of the molecule is CNc1cccc(-n2nc(I)c3c(NC(=O)OC(C)(C)C)ncnc32)c1. The number of aromatic nitrogens is 4. The van der Waals surface area contributed by atoms with Crippen LogP contribution in [0.1, 0.15) is 20.8 Å². The van der Waals surface area contributed by atoms with E-state index in [2.05, 4.69) is 48.3 Å². The lowest BCUT2D eigenvalue weighted by molar-refractivity contribution is 0.0635. The quantitative estimate of drug-likeness (QED) is 0.571. The third-order valence-corrected chi connectivity index (χ3v) is 4.18. The van der Waals surface area contributed by atoms with Gasteiger partial charge in [0.2, 0.25) is 0 Å². The first kappa shape index (κ1) is 18.4. The van der Waals surface area contributed by atoms with E-state index in [1.165, 1.54) is 6.33 Å². The second kappa shape index (κ2) is 7.06. The van der Waals surface area contributed by atoms with E-state index in [-0.39, 0.29) is 0 Å². The van der Waals surface area contributed by atoms with Crippen LogP contribution < -0.4 is 10.6 Å². The first-order valence-corrected chi connectivity index (χ1v) is 9.04. The molecule has 2 N–H and O–H groups in total. The van der Waals surface area contributed by atoms with Gasteiger partial charge in [0.15, 0.2) is 11.5 Å². The van der Waals surface area contributed by atoms with Gasteiger partial charge in [0.25, 0.3) is 0 Å². The molecule has 26 heavy (non-hydrogen) atoms. The van der Waals surface area contributed by atoms with Crippen LogP contribution >= 0.6 is 22.6 Å². The summed E-state index contributed by atoms with van der Waals surface area (Å²) < 4.78 is 7.71. The molecule has 2 heterocycles. The zero-order valence-electron chi connectivity index (χ0n) is 14.9. The molecule has 1 aromatic carbocycles. The molecule has 1 amide bonds. The second-order valence-electron chi connectivity index (χ2n) is 6.55. The number of halogens is 1. The van der Waals surface area contributed by atoms with Gasteiger partial charge in [-0.1, -0.05) is 6.07 Å². The maximum Gasteiger partial charge on any atom is 0.413 e. The number of nitrogens with one attached hydrogen (secondary N) is 2. The fourth-order valence-electron chi connectivity index (χ4n) is 2.38. The Morgan fingerprint density at radius 2 is 2.04 bits per heavy atom. The van der Waals surface area contributed by atoms with Crippen LogP contribution in [0, 0.1) is 3.70 Å². The molecule has 8 nitrogen and oxygen atoms in total. The van der Waals surface area contributed by atoms with E-state index < -0.39 is 11.7 Å². The van der Waals surface area contributed by atoms with Gasteiger partial charge in [0.1, 0.15) is 15.6 Å². The molecule has 0 spiro atoms. The second-order valence-corrected chi connectivity index (χ2v) is 7.57. The lowest BCUT2D eigenvalue weighted by Crippen LogP contribution is -2.27. The Labute approximate surface area is 164 Å². The third-order valence-electron chi connectivity index (χ3n) is 3.42. The van der Waals surface area contributed by atoms with Crippen molar-refractivity contribution >= 4 is 51.2 Å². The maximum absolute atomic E-state index is 12.1. The highest BCUT2D eigenvalue weighted by Crippen LogP contribution is 2.28. The van der Waals surface area contributed by atoms with E-state index >= 15 is 0 Å². The zero-order chi connectivity index (χ0) is 18.9. The molecule has 3 aromatic rings. The molecule has 0 aliphatic heterocycles. The highest BCUT2D eigenvalue weighted by atomic mass is 127. The fourth-order valence-corrected chi connectivity index (χ4v) is 3.09. The minimum atomic E-state index is -0.596. The van der Waals surface area contributed by atoms with Crippen molar-refractivity contribution in [3.63, 3.8) is 0 Å². The van der Waals surface area contributed by atoms with Gasteiger partial charge >= 0.3 is 6.09 Å². The van der Waals surface area contributed by atoms with Gasteiger partial charge in [-0.15, -0.1) is 0 Å². The summed E-state index contributed by atoms with van der Waals surface area (Å²) >= 11 is 2.10. The standard InChI is InChI=1S/C17H19IN6O2/c1-17(2,3)26-16(25)22-14-12-13(18)23-24(15(12)21-9-20-14)11-7-5-6-10(8-11)19-4/h5-9,19H,1-4H3,(H,20,21,22,25). The summed E-state index contributed by atoms with van der Waals surface area (Å²) in [6.45, 7) is 5.41. The number of nitrogens with zero attached hydrogens (tertiary/aromatic N) is 4. The molecular weight excluding hydrogens is 447 g/mol. The van der Waals surface area contributed by atoms with Crippen molar-refractivity contribution in [2.45, 2.75) is 26.4 Å². The van der Waals surface area contributed by atoms with E-state index in [1.54, 1.807) is 25.5 Å². The van der Waals surface area contributed by atoms with Crippen molar-refractivity contribution in [1.82, 2.24) is 19.7 Å². The first-order valence-electron chi connectivity index (χ1n) is 7.96. The van der Waals surface area contributed by atoms with E-state index in [9.17, 15) is 4.79 Å². The van der Waals surface area contributed by atoms with Gasteiger partial charge in [-0.3, -0.25) is 5.32 Å². The number of ether oxygens (including phenoxy) is 1. The maximum atomic E-state index is 12.1. The first-order chi connectivity index (χ1) is 12.3. The fraction of sp³-hybridized carbons (Fsp3) is 0.294. The Morgan fingerprint density at radius 3 is 2.73 bits per heavy atom. The van der Waals surface area contributed by atoms with Crippen LogP contribution in [0.4, 0.5) is 16.3 Å². The number of rotatable bonds is 3. The number of carbonyl (C=O) groups excluding carboxylic acids is 1. The van der Waals surface area contributed by atoms with Crippen LogP contribution in [0.15, 0.2) is 30.6 Å². The third kappa shape index (κ3) is 3.87. The molecule has 0 unspecified atom stereocenters. The Bertz CT molecular complexity index is 964. The molecule has 0 aliphatic carbocycles. The molecule has 9 heteroatoms. The van der Waals surface area contributed by atoms with Crippen molar-refractivity contribution in [2.24, 2.45) is 0 Å². The lowest BCUT2D eigenvalue weighted by Gasteiger charge is -2.19. The number of benzene rings is 1. The van der Waals surface area contributed by atoms with Crippen LogP contribution in [-0.2, 0) is 4.74 Å². The Balaban J connectivity index is 2.04. The largest absolute Gasteiger partial charge is 0.444 e. The summed E-state index contributed by atoms with van der Waals surface area (Å²) in [5.41, 5.74) is 1.82. The Morgan fingerprint density at radius 1 is 1.27 bits per heavy atom. The van der Waals surface area contributed by atoms with Gasteiger partial charge in [0.05, 0.1) is 11.1 Å². The van der Waals surface area contributed by atoms with Crippen LogP contribution in [-0.4, -0.2) is 38.5 Å². The number of hydrogen-bond acceptors (Lipinski definition) is 6. The summed E-state index contributed by atoms with van der Waals surface area (Å²) in [5.74, 6) is 0.365. The Kier molecular flexibility index (Phi) is 4.99. The van der Waals surface area contributed by atoms with Crippen molar-refractivity contribution < 1.29 is 9.53 Å². The number of amides is 1. The van der Waals surface area contributed by atoms with Crippen LogP contribution in [0.2, 0.25) is 0 Å². The summed E-state index contributed by atoms with van der Waals surface area (Å²) in [5, 5.41) is 11.0. The molecule has 2 aromatic heterocycles. The summed E-state index contributed by atoms with van der Waals surface area (Å²) in [7, 11) is 1.86. The average molecular weight is 466 g/mol. The van der Waals surface area contributed by atoms with Gasteiger partial charge in [-0.25, -0.2) is 19.4 Å². The summed E-state index contributed by atoms with van der Waals surface area (Å²) in [4.78, 5) is 20.6. The topological polar surface area (TPSA) is 94.0 Å². The monoisotopic (exact) mass is 466 g/mol. The normalized spacial score (nSPS) is 11.4. The van der Waals surface area contributed by atoms with E-state index in [4.69, 9.17) is 4.74 Å². The lowest BCUT2D eigenvalue weighted by atomic mass is 10.2. The molecule has 0 saturated heterocycles. The molecule has 3 rings (SSSR count). The minimum absolute atomic E-state index is 0.365. The summed E-state index contributed by atoms with van der Waals surface area (Å²) in [6.07, 6.45) is 0.823. The predicted octanol–water partition coefficient (Wildman–Crippen LogP) is 3.81. The molecule has 136 valence electrons. The molecular formula is C17H19IN6O2. The highest BCUT2D eigenvalue weighted by Gasteiger charge is 2.21. The molecule has 0 atom stereocenters. The van der Waals surface area contributed by atoms with Gasteiger partial charge < -0.3 is 10.1 Å². The molecule has 0 radical (unpaired) electrons. The van der Waals surface area contributed by atoms with Gasteiger partial charge in [-0.05, 0) is 61.6 Å². The van der Waals surface area contributed by atoms with E-state index in [1.807, 2.05) is 31.3 Å².